The number of aliphatic hydroxyl groups excluding tert-OH is 1. The Bertz CT molecular complexity index is 283. The minimum atomic E-state index is -0.411. The van der Waals surface area contributed by atoms with E-state index >= 15 is 0 Å². The van der Waals surface area contributed by atoms with Gasteiger partial charge in [0.1, 0.15) is 0 Å². The fraction of sp³-hybridized carbons (Fsp3) is 0.636. The smallest absolute Gasteiger partial charge is 0.0843 e. The van der Waals surface area contributed by atoms with Gasteiger partial charge in [-0.2, -0.15) is 0 Å². The van der Waals surface area contributed by atoms with E-state index in [9.17, 15) is 5.11 Å². The number of hydrogen-bond acceptors (Lipinski definition) is 3. The molecule has 0 saturated heterocycles. The molecule has 0 aromatic carbocycles. The molecule has 0 fully saturated rings. The zero-order chi connectivity index (χ0) is 10.7. The van der Waals surface area contributed by atoms with Gasteiger partial charge < -0.3 is 10.8 Å². The molecule has 2 unspecified atom stereocenters. The van der Waals surface area contributed by atoms with Gasteiger partial charge in [-0.15, -0.1) is 11.3 Å². The van der Waals surface area contributed by atoms with Crippen LogP contribution in [0.5, 0.6) is 0 Å². The first-order valence-corrected chi connectivity index (χ1v) is 5.88. The van der Waals surface area contributed by atoms with E-state index < -0.39 is 6.10 Å². The van der Waals surface area contributed by atoms with Crippen molar-refractivity contribution in [2.75, 3.05) is 6.54 Å². The summed E-state index contributed by atoms with van der Waals surface area (Å²) >= 11 is 1.67. The van der Waals surface area contributed by atoms with Crippen molar-refractivity contribution in [3.63, 3.8) is 0 Å². The molecule has 3 N–H and O–H groups in total. The van der Waals surface area contributed by atoms with Crippen LogP contribution in [0.25, 0.3) is 0 Å². The van der Waals surface area contributed by atoms with Gasteiger partial charge in [-0.25, -0.2) is 0 Å². The molecule has 0 aliphatic heterocycles. The first kappa shape index (κ1) is 11.7. The third-order valence-corrected chi connectivity index (χ3v) is 3.61. The van der Waals surface area contributed by atoms with Crippen LogP contribution in [0.4, 0.5) is 0 Å². The van der Waals surface area contributed by atoms with E-state index in [1.165, 1.54) is 4.88 Å². The number of aryl methyl sites for hydroxylation is 1. The van der Waals surface area contributed by atoms with Gasteiger partial charge in [-0.1, -0.05) is 13.8 Å². The molecule has 1 rings (SSSR count). The minimum absolute atomic E-state index is 0.156. The number of aliphatic hydroxyl groups is 1. The molecular formula is C11H19NOS. The molecule has 80 valence electrons. The number of rotatable bonds is 4. The normalized spacial score (nSPS) is 15.9. The highest BCUT2D eigenvalue weighted by Crippen LogP contribution is 2.31. The lowest BCUT2D eigenvalue weighted by Gasteiger charge is -2.25. The first-order valence-electron chi connectivity index (χ1n) is 5.00. The van der Waals surface area contributed by atoms with Crippen LogP contribution in [-0.4, -0.2) is 11.7 Å². The van der Waals surface area contributed by atoms with Crippen molar-refractivity contribution < 1.29 is 5.11 Å². The molecule has 0 spiro atoms. The predicted octanol–water partition coefficient (Wildman–Crippen LogP) is 2.32. The Balaban J connectivity index is 2.83. The number of thiophene rings is 1. The van der Waals surface area contributed by atoms with Crippen LogP contribution in [0, 0.1) is 18.8 Å². The molecule has 0 bridgehead atoms. The van der Waals surface area contributed by atoms with Crippen LogP contribution < -0.4 is 5.73 Å². The predicted molar refractivity (Wildman–Crippen MR) is 61.4 cm³/mol. The van der Waals surface area contributed by atoms with E-state index in [4.69, 9.17) is 5.73 Å². The third-order valence-electron chi connectivity index (χ3n) is 2.75. The topological polar surface area (TPSA) is 46.2 Å². The van der Waals surface area contributed by atoms with Gasteiger partial charge >= 0.3 is 0 Å². The molecule has 2 atom stereocenters. The Morgan fingerprint density at radius 3 is 2.50 bits per heavy atom. The Morgan fingerprint density at radius 2 is 2.14 bits per heavy atom. The Kier molecular flexibility index (Phi) is 4.11. The SMILES string of the molecule is Cc1sccc1C(O)C(CN)C(C)C. The highest BCUT2D eigenvalue weighted by Gasteiger charge is 2.24. The van der Waals surface area contributed by atoms with Crippen LogP contribution in [0.15, 0.2) is 11.4 Å². The van der Waals surface area contributed by atoms with Gasteiger partial charge in [0.25, 0.3) is 0 Å². The van der Waals surface area contributed by atoms with Crippen molar-refractivity contribution in [1.29, 1.82) is 0 Å². The Hall–Kier alpha value is -0.380. The fourth-order valence-electron chi connectivity index (χ4n) is 1.70. The zero-order valence-electron chi connectivity index (χ0n) is 9.03. The average molecular weight is 213 g/mol. The molecule has 0 amide bonds. The van der Waals surface area contributed by atoms with Gasteiger partial charge in [0.15, 0.2) is 0 Å². The van der Waals surface area contributed by atoms with Crippen LogP contribution in [-0.2, 0) is 0 Å². The number of nitrogens with two attached hydrogens (primary N) is 1. The second-order valence-corrected chi connectivity index (χ2v) is 5.14. The quantitative estimate of drug-likeness (QED) is 0.806. The van der Waals surface area contributed by atoms with Gasteiger partial charge in [-0.05, 0) is 36.4 Å². The summed E-state index contributed by atoms with van der Waals surface area (Å²) in [6, 6.07) is 2.00. The van der Waals surface area contributed by atoms with E-state index in [-0.39, 0.29) is 5.92 Å². The molecule has 0 aliphatic carbocycles. The number of hydrogen-bond donors (Lipinski definition) is 2. The summed E-state index contributed by atoms with van der Waals surface area (Å²) in [6.07, 6.45) is -0.411. The lowest BCUT2D eigenvalue weighted by Crippen LogP contribution is -2.26. The molecule has 1 aromatic rings. The van der Waals surface area contributed by atoms with E-state index in [0.717, 1.165) is 5.56 Å². The third kappa shape index (κ3) is 2.35. The monoisotopic (exact) mass is 213 g/mol. The standard InChI is InChI=1S/C11H19NOS/c1-7(2)10(6-12)11(13)9-4-5-14-8(9)3/h4-5,7,10-11,13H,6,12H2,1-3H3. The summed E-state index contributed by atoms with van der Waals surface area (Å²) in [5.74, 6) is 0.567. The zero-order valence-corrected chi connectivity index (χ0v) is 9.84. The van der Waals surface area contributed by atoms with Crippen molar-refractivity contribution in [1.82, 2.24) is 0 Å². The molecule has 0 radical (unpaired) electrons. The minimum Gasteiger partial charge on any atom is -0.388 e. The van der Waals surface area contributed by atoms with Crippen molar-refractivity contribution in [3.05, 3.63) is 21.9 Å². The second-order valence-electron chi connectivity index (χ2n) is 4.02. The fourth-order valence-corrected chi connectivity index (χ4v) is 2.44. The maximum absolute atomic E-state index is 10.1. The van der Waals surface area contributed by atoms with Crippen LogP contribution >= 0.6 is 11.3 Å². The Labute approximate surface area is 89.8 Å². The van der Waals surface area contributed by atoms with Crippen LogP contribution in [0.1, 0.15) is 30.4 Å². The summed E-state index contributed by atoms with van der Waals surface area (Å²) in [7, 11) is 0. The van der Waals surface area contributed by atoms with E-state index in [1.54, 1.807) is 11.3 Å². The molecule has 0 aliphatic rings. The first-order chi connectivity index (χ1) is 6.57. The molecule has 1 heterocycles. The maximum Gasteiger partial charge on any atom is 0.0843 e. The van der Waals surface area contributed by atoms with Gasteiger partial charge in [0.05, 0.1) is 6.10 Å². The molecule has 2 nitrogen and oxygen atoms in total. The highest BCUT2D eigenvalue weighted by atomic mass is 32.1. The molecule has 14 heavy (non-hydrogen) atoms. The van der Waals surface area contributed by atoms with E-state index in [1.807, 2.05) is 18.4 Å². The average Bonchev–Trinajstić information content (AvgIpc) is 2.51. The largest absolute Gasteiger partial charge is 0.388 e. The molecule has 1 aromatic heterocycles. The Morgan fingerprint density at radius 1 is 1.50 bits per heavy atom. The lowest BCUT2D eigenvalue weighted by atomic mass is 9.87. The van der Waals surface area contributed by atoms with Gasteiger partial charge in [-0.3, -0.25) is 0 Å². The van der Waals surface area contributed by atoms with Gasteiger partial charge in [0, 0.05) is 10.8 Å². The summed E-state index contributed by atoms with van der Waals surface area (Å²) < 4.78 is 0. The second kappa shape index (κ2) is 4.91. The van der Waals surface area contributed by atoms with Crippen molar-refractivity contribution in [2.45, 2.75) is 26.9 Å². The molecule has 0 saturated carbocycles. The van der Waals surface area contributed by atoms with Crippen molar-refractivity contribution >= 4 is 11.3 Å². The maximum atomic E-state index is 10.1. The summed E-state index contributed by atoms with van der Waals surface area (Å²) in [6.45, 7) is 6.77. The lowest BCUT2D eigenvalue weighted by molar-refractivity contribution is 0.0860. The molecular weight excluding hydrogens is 194 g/mol. The van der Waals surface area contributed by atoms with E-state index in [0.29, 0.717) is 12.5 Å². The highest BCUT2D eigenvalue weighted by molar-refractivity contribution is 7.10. The summed E-state index contributed by atoms with van der Waals surface area (Å²) in [4.78, 5) is 1.19. The van der Waals surface area contributed by atoms with E-state index in [2.05, 4.69) is 13.8 Å². The van der Waals surface area contributed by atoms with Crippen molar-refractivity contribution in [3.8, 4) is 0 Å². The van der Waals surface area contributed by atoms with Crippen LogP contribution in [0.2, 0.25) is 0 Å². The van der Waals surface area contributed by atoms with Crippen LogP contribution in [0.3, 0.4) is 0 Å². The molecule has 3 heteroatoms. The van der Waals surface area contributed by atoms with Crippen molar-refractivity contribution in [2.24, 2.45) is 17.6 Å². The summed E-state index contributed by atoms with van der Waals surface area (Å²) in [5.41, 5.74) is 6.72. The van der Waals surface area contributed by atoms with Gasteiger partial charge in [0.2, 0.25) is 0 Å². The summed E-state index contributed by atoms with van der Waals surface area (Å²) in [5, 5.41) is 12.2.